The summed E-state index contributed by atoms with van der Waals surface area (Å²) in [5.41, 5.74) is 0.512. The van der Waals surface area contributed by atoms with Crippen LogP contribution in [0.3, 0.4) is 0 Å². The van der Waals surface area contributed by atoms with E-state index in [1.807, 2.05) is 17.5 Å². The van der Waals surface area contributed by atoms with Crippen molar-refractivity contribution in [1.82, 2.24) is 14.9 Å². The smallest absolute Gasteiger partial charge is 0.240 e. The highest BCUT2D eigenvalue weighted by molar-refractivity contribution is 7.89. The lowest BCUT2D eigenvalue weighted by molar-refractivity contribution is -0.116. The molecule has 0 bridgehead atoms. The van der Waals surface area contributed by atoms with E-state index in [4.69, 9.17) is 4.52 Å². The van der Waals surface area contributed by atoms with Crippen LogP contribution in [0.1, 0.15) is 26.2 Å². The molecule has 0 atom stereocenters. The maximum absolute atomic E-state index is 12.1. The van der Waals surface area contributed by atoms with Gasteiger partial charge in [-0.25, -0.2) is 13.1 Å². The Morgan fingerprint density at radius 1 is 1.21 bits per heavy atom. The van der Waals surface area contributed by atoms with E-state index < -0.39 is 10.0 Å². The van der Waals surface area contributed by atoms with Crippen molar-refractivity contribution in [3.63, 3.8) is 0 Å². The van der Waals surface area contributed by atoms with Crippen molar-refractivity contribution in [2.75, 3.05) is 5.32 Å². The zero-order valence-electron chi connectivity index (χ0n) is 15.4. The van der Waals surface area contributed by atoms with Crippen LogP contribution in [0.15, 0.2) is 51.2 Å². The molecule has 0 saturated carbocycles. The number of anilines is 1. The largest absolute Gasteiger partial charge is 0.339 e. The van der Waals surface area contributed by atoms with E-state index in [0.717, 1.165) is 4.88 Å². The minimum absolute atomic E-state index is 0.145. The fraction of sp³-hybridized carbons (Fsp3) is 0.278. The van der Waals surface area contributed by atoms with Crippen LogP contribution in [-0.4, -0.2) is 30.5 Å². The van der Waals surface area contributed by atoms with Gasteiger partial charge in [-0.1, -0.05) is 11.2 Å². The van der Waals surface area contributed by atoms with Crippen LogP contribution in [0.5, 0.6) is 0 Å². The summed E-state index contributed by atoms with van der Waals surface area (Å²) in [7, 11) is -3.56. The van der Waals surface area contributed by atoms with Gasteiger partial charge in [-0.15, -0.1) is 11.3 Å². The third-order valence-electron chi connectivity index (χ3n) is 3.61. The van der Waals surface area contributed by atoms with Gasteiger partial charge in [-0.2, -0.15) is 4.98 Å². The molecule has 148 valence electrons. The van der Waals surface area contributed by atoms with Crippen molar-refractivity contribution < 1.29 is 17.7 Å². The first-order chi connectivity index (χ1) is 13.3. The number of aryl methyl sites for hydroxylation is 1. The maximum Gasteiger partial charge on any atom is 0.240 e. The van der Waals surface area contributed by atoms with Gasteiger partial charge in [0.05, 0.1) is 9.77 Å². The van der Waals surface area contributed by atoms with Crippen molar-refractivity contribution in [3.05, 3.63) is 47.7 Å². The normalized spacial score (nSPS) is 11.7. The summed E-state index contributed by atoms with van der Waals surface area (Å²) >= 11 is 1.51. The molecule has 3 rings (SSSR count). The highest BCUT2D eigenvalue weighted by atomic mass is 32.2. The molecule has 0 aliphatic heterocycles. The van der Waals surface area contributed by atoms with Crippen LogP contribution in [0.2, 0.25) is 0 Å². The Morgan fingerprint density at radius 3 is 2.61 bits per heavy atom. The number of benzene rings is 1. The quantitative estimate of drug-likeness (QED) is 0.579. The van der Waals surface area contributed by atoms with Gasteiger partial charge in [0, 0.05) is 24.6 Å². The number of nitrogens with zero attached hydrogens (tertiary/aromatic N) is 2. The van der Waals surface area contributed by atoms with Crippen LogP contribution in [-0.2, 0) is 21.2 Å². The third kappa shape index (κ3) is 5.24. The number of hydrogen-bond acceptors (Lipinski definition) is 7. The molecular weight excluding hydrogens is 400 g/mol. The summed E-state index contributed by atoms with van der Waals surface area (Å²) in [5.74, 6) is 0.670. The van der Waals surface area contributed by atoms with E-state index in [0.29, 0.717) is 23.8 Å². The van der Waals surface area contributed by atoms with Gasteiger partial charge in [0.25, 0.3) is 0 Å². The minimum atomic E-state index is -3.56. The van der Waals surface area contributed by atoms with Crippen molar-refractivity contribution in [3.8, 4) is 10.7 Å². The predicted octanol–water partition coefficient (Wildman–Crippen LogP) is 3.06. The van der Waals surface area contributed by atoms with Gasteiger partial charge in [-0.3, -0.25) is 4.79 Å². The molecule has 28 heavy (non-hydrogen) atoms. The average Bonchev–Trinajstić information content (AvgIpc) is 3.31. The van der Waals surface area contributed by atoms with Crippen LogP contribution < -0.4 is 10.0 Å². The van der Waals surface area contributed by atoms with Crippen molar-refractivity contribution in [2.24, 2.45) is 0 Å². The second kappa shape index (κ2) is 8.63. The fourth-order valence-corrected chi connectivity index (χ4v) is 4.30. The molecule has 1 aromatic carbocycles. The standard InChI is InChI=1S/C18H20N4O4S2/c1-12(2)22-28(24,25)14-7-5-13(6-8-14)19-16(23)9-10-17-20-18(21-26-17)15-4-3-11-27-15/h3-8,11-12,22H,9-10H2,1-2H3,(H,19,23). The van der Waals surface area contributed by atoms with Crippen molar-refractivity contribution in [1.29, 1.82) is 0 Å². The predicted molar refractivity (Wildman–Crippen MR) is 106 cm³/mol. The molecule has 0 aliphatic carbocycles. The highest BCUT2D eigenvalue weighted by Gasteiger charge is 2.15. The lowest BCUT2D eigenvalue weighted by Crippen LogP contribution is -2.30. The number of thiophene rings is 1. The molecule has 0 spiro atoms. The second-order valence-electron chi connectivity index (χ2n) is 6.34. The molecule has 10 heteroatoms. The number of hydrogen-bond donors (Lipinski definition) is 2. The average molecular weight is 421 g/mol. The van der Waals surface area contributed by atoms with E-state index in [1.54, 1.807) is 26.0 Å². The summed E-state index contributed by atoms with van der Waals surface area (Å²) < 4.78 is 31.9. The molecule has 0 unspecified atom stereocenters. The van der Waals surface area contributed by atoms with Crippen molar-refractivity contribution in [2.45, 2.75) is 37.6 Å². The van der Waals surface area contributed by atoms with Gasteiger partial charge >= 0.3 is 0 Å². The fourth-order valence-electron chi connectivity index (χ4n) is 2.40. The topological polar surface area (TPSA) is 114 Å². The molecule has 0 fully saturated rings. The van der Waals surface area contributed by atoms with Crippen LogP contribution in [0.25, 0.3) is 10.7 Å². The Bertz CT molecular complexity index is 1030. The SMILES string of the molecule is CC(C)NS(=O)(=O)c1ccc(NC(=O)CCc2nc(-c3cccs3)no2)cc1. The van der Waals surface area contributed by atoms with Crippen LogP contribution >= 0.6 is 11.3 Å². The van der Waals surface area contributed by atoms with E-state index >= 15 is 0 Å². The Balaban J connectivity index is 1.54. The number of aromatic nitrogens is 2. The molecule has 2 aromatic heterocycles. The Labute approximate surface area is 167 Å². The van der Waals surface area contributed by atoms with Crippen LogP contribution in [0, 0.1) is 0 Å². The molecular formula is C18H20N4O4S2. The summed E-state index contributed by atoms with van der Waals surface area (Å²) in [5, 5.41) is 8.55. The van der Waals surface area contributed by atoms with Gasteiger partial charge in [0.15, 0.2) is 0 Å². The second-order valence-corrected chi connectivity index (χ2v) is 9.00. The minimum Gasteiger partial charge on any atom is -0.339 e. The number of rotatable bonds is 8. The van der Waals surface area contributed by atoms with E-state index in [9.17, 15) is 13.2 Å². The summed E-state index contributed by atoms with van der Waals surface area (Å²) in [4.78, 5) is 17.4. The van der Waals surface area contributed by atoms with Crippen LogP contribution in [0.4, 0.5) is 5.69 Å². The van der Waals surface area contributed by atoms with E-state index in [2.05, 4.69) is 20.2 Å². The van der Waals surface area contributed by atoms with Gasteiger partial charge in [0.1, 0.15) is 0 Å². The number of amides is 1. The van der Waals surface area contributed by atoms with Gasteiger partial charge < -0.3 is 9.84 Å². The zero-order chi connectivity index (χ0) is 20.1. The molecule has 2 N–H and O–H groups in total. The Kier molecular flexibility index (Phi) is 6.22. The number of nitrogens with one attached hydrogen (secondary N) is 2. The zero-order valence-corrected chi connectivity index (χ0v) is 17.0. The lowest BCUT2D eigenvalue weighted by atomic mass is 10.2. The monoisotopic (exact) mass is 420 g/mol. The number of sulfonamides is 1. The van der Waals surface area contributed by atoms with Gasteiger partial charge in [0.2, 0.25) is 27.6 Å². The molecule has 1 amide bonds. The first-order valence-electron chi connectivity index (χ1n) is 8.62. The molecule has 0 saturated heterocycles. The summed E-state index contributed by atoms with van der Waals surface area (Å²) in [6, 6.07) is 9.60. The summed E-state index contributed by atoms with van der Waals surface area (Å²) in [6.45, 7) is 3.50. The molecule has 8 nitrogen and oxygen atoms in total. The van der Waals surface area contributed by atoms with Crippen molar-refractivity contribution >= 4 is 33.0 Å². The molecule has 2 heterocycles. The maximum atomic E-state index is 12.1. The van der Waals surface area contributed by atoms with E-state index in [1.165, 1.54) is 23.5 Å². The molecule has 3 aromatic rings. The summed E-state index contributed by atoms with van der Waals surface area (Å²) in [6.07, 6.45) is 0.482. The molecule has 0 aliphatic rings. The lowest BCUT2D eigenvalue weighted by Gasteiger charge is -2.10. The highest BCUT2D eigenvalue weighted by Crippen LogP contribution is 2.21. The Morgan fingerprint density at radius 2 is 1.96 bits per heavy atom. The van der Waals surface area contributed by atoms with E-state index in [-0.39, 0.29) is 23.3 Å². The third-order valence-corrected chi connectivity index (χ3v) is 6.16. The van der Waals surface area contributed by atoms with Gasteiger partial charge in [-0.05, 0) is 49.6 Å². The first-order valence-corrected chi connectivity index (χ1v) is 11.0. The Hall–Kier alpha value is -2.56. The first kappa shape index (κ1) is 20.2. The molecule has 0 radical (unpaired) electrons. The number of carbonyl (C=O) groups is 1. The number of carbonyl (C=O) groups excluding carboxylic acids is 1.